The summed E-state index contributed by atoms with van der Waals surface area (Å²) in [6, 6.07) is -0.527. The van der Waals surface area contributed by atoms with Crippen LogP contribution in [0.3, 0.4) is 0 Å². The lowest BCUT2D eigenvalue weighted by atomic mass is 10.1. The lowest BCUT2D eigenvalue weighted by molar-refractivity contribution is -0.438. The molecule has 0 spiro atoms. The first-order valence-electron chi connectivity index (χ1n) is 4.71. The Balaban J connectivity index is 3.11. The minimum atomic E-state index is -1.02. The van der Waals surface area contributed by atoms with E-state index in [1.165, 1.54) is 18.6 Å². The van der Waals surface area contributed by atoms with Gasteiger partial charge in [-0.2, -0.15) is 11.8 Å². The van der Waals surface area contributed by atoms with Gasteiger partial charge in [0.1, 0.15) is 6.04 Å². The number of thioether (sulfide) groups is 1. The van der Waals surface area contributed by atoms with Gasteiger partial charge in [-0.25, -0.2) is 0 Å². The summed E-state index contributed by atoms with van der Waals surface area (Å²) >= 11 is 1.85. The van der Waals surface area contributed by atoms with Gasteiger partial charge in [0.05, 0.1) is 5.97 Å². The van der Waals surface area contributed by atoms with E-state index in [1.807, 2.05) is 11.8 Å². The van der Waals surface area contributed by atoms with Gasteiger partial charge >= 0.3 is 0 Å². The van der Waals surface area contributed by atoms with E-state index in [0.717, 1.165) is 12.8 Å². The molecule has 0 heterocycles. The molecule has 0 saturated carbocycles. The Morgan fingerprint density at radius 1 is 1.38 bits per heavy atom. The number of rotatable bonds is 8. The third-order valence-electron chi connectivity index (χ3n) is 1.98. The van der Waals surface area contributed by atoms with Crippen LogP contribution in [0, 0.1) is 0 Å². The highest BCUT2D eigenvalue weighted by Crippen LogP contribution is 2.06. The molecule has 0 saturated heterocycles. The van der Waals surface area contributed by atoms with Gasteiger partial charge in [-0.1, -0.05) is 12.8 Å². The fraction of sp³-hybridized carbons (Fsp3) is 0.889. The van der Waals surface area contributed by atoms with E-state index in [-0.39, 0.29) is 0 Å². The van der Waals surface area contributed by atoms with E-state index in [2.05, 4.69) is 12.0 Å². The van der Waals surface area contributed by atoms with Crippen LogP contribution < -0.4 is 10.8 Å². The molecule has 78 valence electrons. The number of hydrogen-bond donors (Lipinski definition) is 1. The summed E-state index contributed by atoms with van der Waals surface area (Å²) in [4.78, 5) is 10.3. The van der Waals surface area contributed by atoms with Crippen LogP contribution in [0.2, 0.25) is 0 Å². The molecule has 0 aliphatic carbocycles. The Morgan fingerprint density at radius 2 is 2.00 bits per heavy atom. The maximum absolute atomic E-state index is 10.3. The Bertz CT molecular complexity index is 142. The highest BCUT2D eigenvalue weighted by atomic mass is 32.2. The van der Waals surface area contributed by atoms with Gasteiger partial charge in [0.25, 0.3) is 0 Å². The molecule has 1 atom stereocenters. The van der Waals surface area contributed by atoms with E-state index in [9.17, 15) is 9.90 Å². The number of carboxylic acids is 1. The van der Waals surface area contributed by atoms with Crippen LogP contribution in [0.4, 0.5) is 0 Å². The third-order valence-corrected chi connectivity index (χ3v) is 2.68. The number of quaternary nitrogens is 1. The second-order valence-corrected chi connectivity index (χ2v) is 4.20. The zero-order valence-electron chi connectivity index (χ0n) is 8.25. The molecule has 0 aromatic heterocycles. The molecule has 0 unspecified atom stereocenters. The number of carbonyl (C=O) groups is 1. The first-order chi connectivity index (χ1) is 6.18. The average Bonchev–Trinajstić information content (AvgIpc) is 2.10. The fourth-order valence-corrected chi connectivity index (χ4v) is 1.60. The first-order valence-corrected chi connectivity index (χ1v) is 6.10. The number of carbonyl (C=O) groups excluding carboxylic acids is 1. The number of carboxylic acid groups (broad SMARTS) is 1. The van der Waals surface area contributed by atoms with Gasteiger partial charge in [0, 0.05) is 6.42 Å². The summed E-state index contributed by atoms with van der Waals surface area (Å²) in [5.41, 5.74) is 3.51. The van der Waals surface area contributed by atoms with Gasteiger partial charge < -0.3 is 15.6 Å². The fourth-order valence-electron chi connectivity index (χ4n) is 1.11. The van der Waals surface area contributed by atoms with E-state index in [0.29, 0.717) is 6.42 Å². The third kappa shape index (κ3) is 8.12. The monoisotopic (exact) mass is 205 g/mol. The van der Waals surface area contributed by atoms with E-state index < -0.39 is 12.0 Å². The summed E-state index contributed by atoms with van der Waals surface area (Å²) in [5.74, 6) is 0.179. The van der Waals surface area contributed by atoms with Crippen LogP contribution in [0.1, 0.15) is 32.1 Å². The molecular formula is C9H19NO2S. The van der Waals surface area contributed by atoms with Crippen LogP contribution >= 0.6 is 11.8 Å². The number of aliphatic carboxylic acids is 1. The highest BCUT2D eigenvalue weighted by Gasteiger charge is 2.05. The predicted molar refractivity (Wildman–Crippen MR) is 53.2 cm³/mol. The van der Waals surface area contributed by atoms with Crippen LogP contribution in [0.15, 0.2) is 0 Å². The zero-order valence-corrected chi connectivity index (χ0v) is 9.07. The summed E-state index contributed by atoms with van der Waals surface area (Å²) in [6.07, 6.45) is 7.25. The average molecular weight is 205 g/mol. The van der Waals surface area contributed by atoms with Crippen LogP contribution in [0.25, 0.3) is 0 Å². The molecule has 0 fully saturated rings. The number of unbranched alkanes of at least 4 members (excludes halogenated alkanes) is 3. The van der Waals surface area contributed by atoms with Crippen molar-refractivity contribution in [3.8, 4) is 0 Å². The van der Waals surface area contributed by atoms with Gasteiger partial charge in [-0.05, 0) is 24.9 Å². The van der Waals surface area contributed by atoms with E-state index >= 15 is 0 Å². The lowest BCUT2D eigenvalue weighted by Crippen LogP contribution is -2.68. The smallest absolute Gasteiger partial charge is 0.124 e. The van der Waals surface area contributed by atoms with Crippen LogP contribution in [-0.2, 0) is 4.79 Å². The molecular weight excluding hydrogens is 186 g/mol. The molecule has 0 radical (unpaired) electrons. The van der Waals surface area contributed by atoms with E-state index in [1.54, 1.807) is 0 Å². The molecule has 0 rings (SSSR count). The lowest BCUT2D eigenvalue weighted by Gasteiger charge is -2.08. The Kier molecular flexibility index (Phi) is 8.24. The normalized spacial score (nSPS) is 12.8. The van der Waals surface area contributed by atoms with Gasteiger partial charge in [-0.15, -0.1) is 0 Å². The van der Waals surface area contributed by atoms with Crippen molar-refractivity contribution in [2.45, 2.75) is 38.1 Å². The van der Waals surface area contributed by atoms with Gasteiger partial charge in [0.2, 0.25) is 0 Å². The molecule has 0 aliphatic heterocycles. The molecule has 4 heteroatoms. The standard InChI is InChI=1S/C9H19NO2S/c1-13-7-5-3-2-4-6-8(10)9(11)12/h8H,2-7,10H2,1H3,(H,11,12)/t8-/m0/s1. The molecule has 3 nitrogen and oxygen atoms in total. The summed E-state index contributed by atoms with van der Waals surface area (Å²) < 4.78 is 0. The second kappa shape index (κ2) is 8.38. The molecule has 0 amide bonds. The topological polar surface area (TPSA) is 67.8 Å². The second-order valence-electron chi connectivity index (χ2n) is 3.21. The van der Waals surface area contributed by atoms with Crippen molar-refractivity contribution in [1.29, 1.82) is 0 Å². The van der Waals surface area contributed by atoms with Crippen molar-refractivity contribution in [1.82, 2.24) is 0 Å². The highest BCUT2D eigenvalue weighted by molar-refractivity contribution is 7.98. The SMILES string of the molecule is CSCCCCCC[C@H]([NH3+])C(=O)[O-]. The Labute approximate surface area is 84.1 Å². The molecule has 3 N–H and O–H groups in total. The minimum Gasteiger partial charge on any atom is -0.544 e. The van der Waals surface area contributed by atoms with Crippen molar-refractivity contribution >= 4 is 17.7 Å². The van der Waals surface area contributed by atoms with Crippen LogP contribution in [-0.4, -0.2) is 24.0 Å². The summed E-state index contributed by atoms with van der Waals surface area (Å²) in [7, 11) is 0. The number of hydrogen-bond acceptors (Lipinski definition) is 3. The first kappa shape index (κ1) is 12.8. The molecule has 0 aromatic carbocycles. The Hall–Kier alpha value is -0.220. The summed E-state index contributed by atoms with van der Waals surface area (Å²) in [5, 5.41) is 10.3. The van der Waals surface area contributed by atoms with Gasteiger partial charge in [-0.3, -0.25) is 0 Å². The maximum atomic E-state index is 10.3. The zero-order chi connectivity index (χ0) is 10.1. The summed E-state index contributed by atoms with van der Waals surface area (Å²) in [6.45, 7) is 0. The van der Waals surface area contributed by atoms with Crippen molar-refractivity contribution in [3.63, 3.8) is 0 Å². The quantitative estimate of drug-likeness (QED) is 0.551. The molecule has 0 aliphatic rings. The minimum absolute atomic E-state index is 0.527. The largest absolute Gasteiger partial charge is 0.544 e. The molecule has 13 heavy (non-hydrogen) atoms. The van der Waals surface area contributed by atoms with Crippen LogP contribution in [0.5, 0.6) is 0 Å². The maximum Gasteiger partial charge on any atom is 0.124 e. The Morgan fingerprint density at radius 3 is 2.54 bits per heavy atom. The molecule has 0 bridgehead atoms. The van der Waals surface area contributed by atoms with Crippen molar-refractivity contribution < 1.29 is 15.6 Å². The molecule has 0 aromatic rings. The van der Waals surface area contributed by atoms with Gasteiger partial charge in [0.15, 0.2) is 0 Å². The predicted octanol–water partition coefficient (Wildman–Crippen LogP) is -0.340. The van der Waals surface area contributed by atoms with E-state index in [4.69, 9.17) is 0 Å². The van der Waals surface area contributed by atoms with Crippen molar-refractivity contribution in [2.75, 3.05) is 12.0 Å². The van der Waals surface area contributed by atoms with Crippen molar-refractivity contribution in [3.05, 3.63) is 0 Å². The van der Waals surface area contributed by atoms with Crippen molar-refractivity contribution in [2.24, 2.45) is 0 Å².